The van der Waals surface area contributed by atoms with Crippen LogP contribution in [0.2, 0.25) is 0 Å². The molecule has 2 rings (SSSR count). The van der Waals surface area contributed by atoms with Gasteiger partial charge < -0.3 is 9.84 Å². The van der Waals surface area contributed by atoms with Crippen LogP contribution in [0.15, 0.2) is 18.2 Å². The molecular formula is C12H12O3S. The topological polar surface area (TPSA) is 46.5 Å². The summed E-state index contributed by atoms with van der Waals surface area (Å²) in [5.41, 5.74) is 1.79. The van der Waals surface area contributed by atoms with Gasteiger partial charge in [0.1, 0.15) is 4.88 Å². The van der Waals surface area contributed by atoms with E-state index in [1.807, 2.05) is 25.1 Å². The molecule has 3 nitrogen and oxygen atoms in total. The van der Waals surface area contributed by atoms with Crippen LogP contribution < -0.4 is 0 Å². The summed E-state index contributed by atoms with van der Waals surface area (Å²) in [4.78, 5) is 12.1. The lowest BCUT2D eigenvalue weighted by Gasteiger charge is -1.96. The fourth-order valence-electron chi connectivity index (χ4n) is 1.66. The largest absolute Gasteiger partial charge is 0.465 e. The monoisotopic (exact) mass is 236 g/mol. The van der Waals surface area contributed by atoms with E-state index in [0.29, 0.717) is 4.88 Å². The number of esters is 1. The van der Waals surface area contributed by atoms with Crippen LogP contribution >= 0.6 is 11.3 Å². The molecule has 0 saturated heterocycles. The number of thiophene rings is 1. The van der Waals surface area contributed by atoms with Crippen LogP contribution in [-0.4, -0.2) is 18.2 Å². The van der Waals surface area contributed by atoms with Gasteiger partial charge in [0.2, 0.25) is 0 Å². The maximum atomic E-state index is 11.5. The fraction of sp³-hybridized carbons (Fsp3) is 0.250. The molecule has 0 unspecified atom stereocenters. The highest BCUT2D eigenvalue weighted by atomic mass is 32.1. The van der Waals surface area contributed by atoms with Crippen LogP contribution in [0.3, 0.4) is 0 Å². The standard InChI is InChI=1S/C12H12O3S/c1-7-9-4-3-8(6-13)5-10(9)16-11(7)12(14)15-2/h3-5,13H,6H2,1-2H3. The average Bonchev–Trinajstić information content (AvgIpc) is 2.65. The van der Waals surface area contributed by atoms with Crippen LogP contribution in [0.4, 0.5) is 0 Å². The Morgan fingerprint density at radius 1 is 1.50 bits per heavy atom. The van der Waals surface area contributed by atoms with Gasteiger partial charge in [0.25, 0.3) is 0 Å². The molecule has 1 heterocycles. The number of carbonyl (C=O) groups is 1. The number of fused-ring (bicyclic) bond motifs is 1. The van der Waals surface area contributed by atoms with E-state index in [1.54, 1.807) is 0 Å². The van der Waals surface area contributed by atoms with E-state index < -0.39 is 0 Å². The molecule has 84 valence electrons. The molecule has 2 aromatic rings. The number of aliphatic hydroxyl groups is 1. The SMILES string of the molecule is COC(=O)c1sc2cc(CO)ccc2c1C. The number of aliphatic hydroxyl groups excluding tert-OH is 1. The van der Waals surface area contributed by atoms with Gasteiger partial charge in [-0.25, -0.2) is 4.79 Å². The third kappa shape index (κ3) is 1.70. The van der Waals surface area contributed by atoms with Crippen molar-refractivity contribution in [3.05, 3.63) is 34.2 Å². The number of benzene rings is 1. The minimum Gasteiger partial charge on any atom is -0.465 e. The summed E-state index contributed by atoms with van der Waals surface area (Å²) in [7, 11) is 1.38. The maximum Gasteiger partial charge on any atom is 0.348 e. The highest BCUT2D eigenvalue weighted by Crippen LogP contribution is 2.31. The number of hydrogen-bond acceptors (Lipinski definition) is 4. The highest BCUT2D eigenvalue weighted by molar-refractivity contribution is 7.21. The molecule has 0 bridgehead atoms. The Labute approximate surface area is 97.3 Å². The third-order valence-corrected chi connectivity index (χ3v) is 3.79. The minimum atomic E-state index is -0.302. The Hall–Kier alpha value is -1.39. The Morgan fingerprint density at radius 3 is 2.88 bits per heavy atom. The molecule has 1 aromatic carbocycles. The van der Waals surface area contributed by atoms with Crippen LogP contribution in [-0.2, 0) is 11.3 Å². The van der Waals surface area contributed by atoms with E-state index in [4.69, 9.17) is 9.84 Å². The van der Waals surface area contributed by atoms with E-state index in [-0.39, 0.29) is 12.6 Å². The lowest BCUT2D eigenvalue weighted by atomic mass is 10.1. The molecule has 1 N–H and O–H groups in total. The van der Waals surface area contributed by atoms with Crippen molar-refractivity contribution in [1.29, 1.82) is 0 Å². The van der Waals surface area contributed by atoms with E-state index in [1.165, 1.54) is 18.4 Å². The smallest absolute Gasteiger partial charge is 0.348 e. The molecule has 0 radical (unpaired) electrons. The molecule has 0 fully saturated rings. The van der Waals surface area contributed by atoms with Gasteiger partial charge in [0, 0.05) is 4.70 Å². The van der Waals surface area contributed by atoms with Crippen LogP contribution in [0.5, 0.6) is 0 Å². The predicted octanol–water partition coefficient (Wildman–Crippen LogP) is 2.49. The summed E-state index contributed by atoms with van der Waals surface area (Å²) in [6.07, 6.45) is 0. The second kappa shape index (κ2) is 4.23. The van der Waals surface area contributed by atoms with Gasteiger partial charge in [-0.3, -0.25) is 0 Å². The summed E-state index contributed by atoms with van der Waals surface area (Å²) in [6.45, 7) is 1.92. The Bertz CT molecular complexity index is 542. The Balaban J connectivity index is 2.63. The van der Waals surface area contributed by atoms with Crippen molar-refractivity contribution in [2.24, 2.45) is 0 Å². The minimum absolute atomic E-state index is 0.0143. The molecule has 0 saturated carbocycles. The van der Waals surface area contributed by atoms with Gasteiger partial charge in [-0.05, 0) is 29.5 Å². The molecule has 4 heteroatoms. The van der Waals surface area contributed by atoms with Crippen molar-refractivity contribution < 1.29 is 14.6 Å². The molecular weight excluding hydrogens is 224 g/mol. The van der Waals surface area contributed by atoms with Gasteiger partial charge >= 0.3 is 5.97 Å². The lowest BCUT2D eigenvalue weighted by molar-refractivity contribution is 0.0605. The van der Waals surface area contributed by atoms with Crippen LogP contribution in [0.25, 0.3) is 10.1 Å². The summed E-state index contributed by atoms with van der Waals surface area (Å²) in [5.74, 6) is -0.302. The van der Waals surface area contributed by atoms with Crippen molar-refractivity contribution in [3.8, 4) is 0 Å². The fourth-order valence-corrected chi connectivity index (χ4v) is 2.85. The first kappa shape index (κ1) is 11.1. The van der Waals surface area contributed by atoms with E-state index in [0.717, 1.165) is 21.2 Å². The predicted molar refractivity (Wildman–Crippen MR) is 63.8 cm³/mol. The number of methoxy groups -OCH3 is 1. The van der Waals surface area contributed by atoms with Crippen LogP contribution in [0.1, 0.15) is 20.8 Å². The second-order valence-electron chi connectivity index (χ2n) is 3.54. The Morgan fingerprint density at radius 2 is 2.25 bits per heavy atom. The highest BCUT2D eigenvalue weighted by Gasteiger charge is 2.15. The first-order valence-electron chi connectivity index (χ1n) is 4.88. The van der Waals surface area contributed by atoms with E-state index in [2.05, 4.69) is 0 Å². The summed E-state index contributed by atoms with van der Waals surface area (Å²) < 4.78 is 5.73. The lowest BCUT2D eigenvalue weighted by Crippen LogP contribution is -1.99. The molecule has 0 aliphatic carbocycles. The van der Waals surface area contributed by atoms with Gasteiger partial charge in [0.05, 0.1) is 13.7 Å². The first-order chi connectivity index (χ1) is 7.67. The summed E-state index contributed by atoms with van der Waals surface area (Å²) in [5, 5.41) is 10.1. The molecule has 0 spiro atoms. The third-order valence-electron chi connectivity index (χ3n) is 2.56. The first-order valence-corrected chi connectivity index (χ1v) is 5.70. The zero-order chi connectivity index (χ0) is 11.7. The number of ether oxygens (including phenoxy) is 1. The molecule has 1 aromatic heterocycles. The van der Waals surface area contributed by atoms with E-state index in [9.17, 15) is 4.79 Å². The molecule has 0 aliphatic heterocycles. The molecule has 0 atom stereocenters. The van der Waals surface area contributed by atoms with Gasteiger partial charge in [0.15, 0.2) is 0 Å². The second-order valence-corrected chi connectivity index (χ2v) is 4.59. The average molecular weight is 236 g/mol. The number of carbonyl (C=O) groups excluding carboxylic acids is 1. The number of rotatable bonds is 2. The van der Waals surface area contributed by atoms with Crippen molar-refractivity contribution >= 4 is 27.4 Å². The zero-order valence-corrected chi connectivity index (χ0v) is 9.93. The number of hydrogen-bond donors (Lipinski definition) is 1. The van der Waals surface area contributed by atoms with Crippen molar-refractivity contribution in [3.63, 3.8) is 0 Å². The summed E-state index contributed by atoms with van der Waals surface area (Å²) in [6, 6.07) is 5.70. The van der Waals surface area contributed by atoms with Gasteiger partial charge in [-0.2, -0.15) is 0 Å². The van der Waals surface area contributed by atoms with E-state index >= 15 is 0 Å². The van der Waals surface area contributed by atoms with Crippen molar-refractivity contribution in [2.45, 2.75) is 13.5 Å². The summed E-state index contributed by atoms with van der Waals surface area (Å²) >= 11 is 1.40. The van der Waals surface area contributed by atoms with Crippen molar-refractivity contribution in [1.82, 2.24) is 0 Å². The molecule has 0 aliphatic rings. The van der Waals surface area contributed by atoms with Crippen molar-refractivity contribution in [2.75, 3.05) is 7.11 Å². The zero-order valence-electron chi connectivity index (χ0n) is 9.11. The van der Waals surface area contributed by atoms with Crippen LogP contribution in [0, 0.1) is 6.92 Å². The Kier molecular flexibility index (Phi) is 2.94. The van der Waals surface area contributed by atoms with Gasteiger partial charge in [-0.1, -0.05) is 12.1 Å². The molecule has 0 amide bonds. The maximum absolute atomic E-state index is 11.5. The quantitative estimate of drug-likeness (QED) is 0.815. The molecule has 16 heavy (non-hydrogen) atoms. The van der Waals surface area contributed by atoms with Gasteiger partial charge in [-0.15, -0.1) is 11.3 Å². The normalized spacial score (nSPS) is 10.7. The number of aryl methyl sites for hydroxylation is 1.